The second-order valence-corrected chi connectivity index (χ2v) is 6.59. The highest BCUT2D eigenvalue weighted by atomic mass is 16.2. The number of carbonyl (C=O) groups is 1. The van der Waals surface area contributed by atoms with Crippen molar-refractivity contribution in [1.82, 2.24) is 34.7 Å². The van der Waals surface area contributed by atoms with Gasteiger partial charge in [-0.2, -0.15) is 0 Å². The Labute approximate surface area is 151 Å². The topological polar surface area (TPSA) is 81.7 Å². The summed E-state index contributed by atoms with van der Waals surface area (Å²) in [5.74, 6) is 1.34. The van der Waals surface area contributed by atoms with E-state index in [1.54, 1.807) is 0 Å². The summed E-state index contributed by atoms with van der Waals surface area (Å²) in [5, 5.41) is 10.9. The Morgan fingerprint density at radius 2 is 2.12 bits per heavy atom. The van der Waals surface area contributed by atoms with E-state index in [1.165, 1.54) is 16.6 Å². The Hall–Kier alpha value is -3.03. The van der Waals surface area contributed by atoms with Crippen molar-refractivity contribution < 1.29 is 4.79 Å². The quantitative estimate of drug-likeness (QED) is 0.692. The molecule has 0 bridgehead atoms. The van der Waals surface area contributed by atoms with Gasteiger partial charge in [0.1, 0.15) is 18.7 Å². The van der Waals surface area contributed by atoms with Crippen LogP contribution in [0.25, 0.3) is 0 Å². The van der Waals surface area contributed by atoms with E-state index in [2.05, 4.69) is 37.2 Å². The predicted octanol–water partition coefficient (Wildman–Crippen LogP) is 1.32. The average Bonchev–Trinajstić information content (AvgIpc) is 3.35. The molecule has 8 nitrogen and oxygen atoms in total. The molecule has 1 amide bonds. The van der Waals surface area contributed by atoms with Gasteiger partial charge in [-0.15, -0.1) is 5.10 Å². The maximum atomic E-state index is 12.5. The molecule has 0 aliphatic carbocycles. The van der Waals surface area contributed by atoms with E-state index >= 15 is 0 Å². The summed E-state index contributed by atoms with van der Waals surface area (Å²) in [6, 6.07) is 10.4. The van der Waals surface area contributed by atoms with Crippen molar-refractivity contribution >= 4 is 5.91 Å². The lowest BCUT2D eigenvalue weighted by Gasteiger charge is -2.32. The van der Waals surface area contributed by atoms with Gasteiger partial charge in [0.25, 0.3) is 0 Å². The molecule has 26 heavy (non-hydrogen) atoms. The number of likely N-dealkylation sites (tertiary alicyclic amines) is 1. The van der Waals surface area contributed by atoms with Gasteiger partial charge in [0, 0.05) is 37.9 Å². The number of piperidine rings is 1. The lowest BCUT2D eigenvalue weighted by Crippen LogP contribution is -2.41. The normalized spacial score (nSPS) is 17.4. The Kier molecular flexibility index (Phi) is 4.72. The average molecular weight is 351 g/mol. The monoisotopic (exact) mass is 351 g/mol. The summed E-state index contributed by atoms with van der Waals surface area (Å²) in [6.07, 6.45) is 7.35. The molecule has 1 aromatic carbocycles. The molecular formula is C18H21N7O. The van der Waals surface area contributed by atoms with Crippen LogP contribution in [0.1, 0.15) is 30.1 Å². The van der Waals surface area contributed by atoms with Gasteiger partial charge in [0.05, 0.1) is 0 Å². The molecule has 0 spiro atoms. The molecule has 3 aromatic rings. The third-order valence-corrected chi connectivity index (χ3v) is 4.77. The Bertz CT molecular complexity index is 844. The zero-order valence-corrected chi connectivity index (χ0v) is 14.5. The number of nitrogens with zero attached hydrogens (tertiary/aromatic N) is 7. The number of rotatable bonds is 5. The fourth-order valence-corrected chi connectivity index (χ4v) is 3.50. The van der Waals surface area contributed by atoms with Crippen LogP contribution in [-0.2, 0) is 17.9 Å². The summed E-state index contributed by atoms with van der Waals surface area (Å²) in [5.41, 5.74) is 1.24. The van der Waals surface area contributed by atoms with Gasteiger partial charge in [-0.1, -0.05) is 30.3 Å². The predicted molar refractivity (Wildman–Crippen MR) is 94.1 cm³/mol. The van der Waals surface area contributed by atoms with Gasteiger partial charge in [0.2, 0.25) is 5.91 Å². The lowest BCUT2D eigenvalue weighted by molar-refractivity contribution is -0.133. The minimum atomic E-state index is 0.0446. The molecule has 1 aliphatic rings. The molecule has 1 fully saturated rings. The number of aromatic nitrogens is 6. The van der Waals surface area contributed by atoms with Gasteiger partial charge in [-0.25, -0.2) is 9.67 Å². The fraction of sp³-hybridized carbons (Fsp3) is 0.389. The third kappa shape index (κ3) is 3.63. The highest BCUT2D eigenvalue weighted by molar-refractivity contribution is 5.76. The second-order valence-electron chi connectivity index (χ2n) is 6.59. The molecule has 134 valence electrons. The van der Waals surface area contributed by atoms with Crippen molar-refractivity contribution in [1.29, 1.82) is 0 Å². The zero-order valence-electron chi connectivity index (χ0n) is 14.5. The lowest BCUT2D eigenvalue weighted by atomic mass is 9.97. The van der Waals surface area contributed by atoms with Crippen LogP contribution in [0.3, 0.4) is 0 Å². The Morgan fingerprint density at radius 1 is 1.23 bits per heavy atom. The smallest absolute Gasteiger partial charge is 0.244 e. The van der Waals surface area contributed by atoms with Crippen molar-refractivity contribution in [3.05, 3.63) is 60.4 Å². The molecule has 0 saturated carbocycles. The molecule has 1 atom stereocenters. The minimum Gasteiger partial charge on any atom is -0.340 e. The maximum Gasteiger partial charge on any atom is 0.244 e. The fourth-order valence-electron chi connectivity index (χ4n) is 3.50. The Morgan fingerprint density at radius 3 is 2.92 bits per heavy atom. The molecule has 0 radical (unpaired) electrons. The SMILES string of the molecule is O=C(Cn1cnnn1)N1CCC[C@@H](c2nccn2Cc2ccccc2)C1. The molecule has 2 aromatic heterocycles. The van der Waals surface area contributed by atoms with Gasteiger partial charge < -0.3 is 9.47 Å². The number of imidazole rings is 1. The van der Waals surface area contributed by atoms with Gasteiger partial charge in [0.15, 0.2) is 0 Å². The maximum absolute atomic E-state index is 12.5. The first-order chi connectivity index (χ1) is 12.8. The van der Waals surface area contributed by atoms with E-state index < -0.39 is 0 Å². The summed E-state index contributed by atoms with van der Waals surface area (Å²) in [4.78, 5) is 19.0. The minimum absolute atomic E-state index is 0.0446. The van der Waals surface area contributed by atoms with Crippen LogP contribution < -0.4 is 0 Å². The van der Waals surface area contributed by atoms with Gasteiger partial charge in [-0.3, -0.25) is 4.79 Å². The first-order valence-electron chi connectivity index (χ1n) is 8.83. The van der Waals surface area contributed by atoms with Crippen molar-refractivity contribution in [2.45, 2.75) is 31.8 Å². The van der Waals surface area contributed by atoms with E-state index in [4.69, 9.17) is 0 Å². The second kappa shape index (κ2) is 7.47. The van der Waals surface area contributed by atoms with Crippen LogP contribution in [0.5, 0.6) is 0 Å². The number of tetrazole rings is 1. The number of hydrogen-bond acceptors (Lipinski definition) is 5. The molecule has 0 N–H and O–H groups in total. The molecule has 1 saturated heterocycles. The number of hydrogen-bond donors (Lipinski definition) is 0. The van der Waals surface area contributed by atoms with E-state index in [-0.39, 0.29) is 18.4 Å². The summed E-state index contributed by atoms with van der Waals surface area (Å²) in [7, 11) is 0. The Balaban J connectivity index is 1.45. The number of amides is 1. The molecule has 0 unspecified atom stereocenters. The van der Waals surface area contributed by atoms with Crippen LogP contribution in [-0.4, -0.2) is 53.7 Å². The summed E-state index contributed by atoms with van der Waals surface area (Å²) < 4.78 is 3.65. The van der Waals surface area contributed by atoms with E-state index in [0.29, 0.717) is 6.54 Å². The molecule has 3 heterocycles. The van der Waals surface area contributed by atoms with Crippen LogP contribution in [0.15, 0.2) is 49.1 Å². The summed E-state index contributed by atoms with van der Waals surface area (Å²) >= 11 is 0. The first kappa shape index (κ1) is 16.4. The van der Waals surface area contributed by atoms with Crippen LogP contribution in [0, 0.1) is 0 Å². The highest BCUT2D eigenvalue weighted by Gasteiger charge is 2.27. The zero-order chi connectivity index (χ0) is 17.8. The number of benzene rings is 1. The van der Waals surface area contributed by atoms with Crippen LogP contribution in [0.4, 0.5) is 0 Å². The summed E-state index contributed by atoms with van der Waals surface area (Å²) in [6.45, 7) is 2.44. The van der Waals surface area contributed by atoms with Crippen molar-refractivity contribution in [2.24, 2.45) is 0 Å². The van der Waals surface area contributed by atoms with Crippen LogP contribution >= 0.6 is 0 Å². The molecule has 8 heteroatoms. The first-order valence-corrected chi connectivity index (χ1v) is 8.83. The van der Waals surface area contributed by atoms with Crippen molar-refractivity contribution in [3.8, 4) is 0 Å². The third-order valence-electron chi connectivity index (χ3n) is 4.77. The van der Waals surface area contributed by atoms with Crippen molar-refractivity contribution in [3.63, 3.8) is 0 Å². The van der Waals surface area contributed by atoms with E-state index in [1.807, 2.05) is 35.5 Å². The van der Waals surface area contributed by atoms with Crippen LogP contribution in [0.2, 0.25) is 0 Å². The number of carbonyl (C=O) groups excluding carboxylic acids is 1. The van der Waals surface area contributed by atoms with E-state index in [0.717, 1.165) is 31.8 Å². The van der Waals surface area contributed by atoms with E-state index in [9.17, 15) is 4.79 Å². The van der Waals surface area contributed by atoms with Gasteiger partial charge in [-0.05, 0) is 28.8 Å². The van der Waals surface area contributed by atoms with Gasteiger partial charge >= 0.3 is 0 Å². The highest BCUT2D eigenvalue weighted by Crippen LogP contribution is 2.26. The standard InChI is InChI=1S/C18H21N7O/c26-17(13-25-14-20-21-22-25)23-9-4-7-16(12-23)18-19-8-10-24(18)11-15-5-2-1-3-6-15/h1-3,5-6,8,10,14,16H,4,7,9,11-13H2/t16-/m1/s1. The largest absolute Gasteiger partial charge is 0.340 e. The molecule has 1 aliphatic heterocycles. The molecule has 4 rings (SSSR count). The van der Waals surface area contributed by atoms with Crippen molar-refractivity contribution in [2.75, 3.05) is 13.1 Å². The molecular weight excluding hydrogens is 330 g/mol.